The fraction of sp³-hybridized carbons (Fsp3) is 0.556. The minimum Gasteiger partial charge on any atom is -0.378 e. The zero-order valence-corrected chi connectivity index (χ0v) is 22.3. The van der Waals surface area contributed by atoms with Crippen LogP contribution in [0.2, 0.25) is 0 Å². The Bertz CT molecular complexity index is 1420. The summed E-state index contributed by atoms with van der Waals surface area (Å²) in [6.07, 6.45) is 1.63. The van der Waals surface area contributed by atoms with Gasteiger partial charge in [-0.05, 0) is 26.0 Å². The lowest BCUT2D eigenvalue weighted by Crippen LogP contribution is -2.48. The highest BCUT2D eigenvalue weighted by molar-refractivity contribution is 5.86. The van der Waals surface area contributed by atoms with Crippen LogP contribution in [0.15, 0.2) is 24.3 Å². The average Bonchev–Trinajstić information content (AvgIpc) is 3.44. The van der Waals surface area contributed by atoms with E-state index < -0.39 is 0 Å². The summed E-state index contributed by atoms with van der Waals surface area (Å²) in [4.78, 5) is 24.9. The van der Waals surface area contributed by atoms with E-state index >= 15 is 0 Å². The largest absolute Gasteiger partial charge is 0.378 e. The minimum atomic E-state index is -0.112. The molecule has 4 aromatic rings. The summed E-state index contributed by atoms with van der Waals surface area (Å²) in [6, 6.07) is 8.19. The molecule has 0 saturated carbocycles. The number of rotatable bonds is 6. The van der Waals surface area contributed by atoms with Gasteiger partial charge in [0.25, 0.3) is 0 Å². The SMILES string of the molecule is CCc1nc2ccccc2n1-c1nc(N2CCOCC2)c2nc(CCN3CCOC(C)(C)C3)n(C)c2n1. The monoisotopic (exact) mass is 504 g/mol. The Morgan fingerprint density at radius 1 is 0.946 bits per heavy atom. The predicted octanol–water partition coefficient (Wildman–Crippen LogP) is 2.75. The van der Waals surface area contributed by atoms with Crippen LogP contribution in [-0.4, -0.2) is 92.1 Å². The molecule has 0 unspecified atom stereocenters. The molecule has 0 spiro atoms. The first-order chi connectivity index (χ1) is 17.9. The van der Waals surface area contributed by atoms with Crippen LogP contribution in [0.3, 0.4) is 0 Å². The molecule has 3 aromatic heterocycles. The van der Waals surface area contributed by atoms with E-state index in [1.165, 1.54) is 0 Å². The van der Waals surface area contributed by atoms with Crippen LogP contribution >= 0.6 is 0 Å². The molecule has 37 heavy (non-hydrogen) atoms. The molecular formula is C27H36N8O2. The quantitative estimate of drug-likeness (QED) is 0.396. The Kier molecular flexibility index (Phi) is 6.34. The smallest absolute Gasteiger partial charge is 0.239 e. The molecule has 2 fully saturated rings. The van der Waals surface area contributed by atoms with Crippen LogP contribution < -0.4 is 4.90 Å². The van der Waals surface area contributed by atoms with Crippen molar-refractivity contribution in [1.82, 2.24) is 34.0 Å². The van der Waals surface area contributed by atoms with Gasteiger partial charge in [0.1, 0.15) is 11.6 Å². The van der Waals surface area contributed by atoms with Crippen LogP contribution in [0.25, 0.3) is 28.1 Å². The Balaban J connectivity index is 1.43. The van der Waals surface area contributed by atoms with Crippen molar-refractivity contribution in [3.05, 3.63) is 35.9 Å². The zero-order valence-electron chi connectivity index (χ0n) is 22.3. The lowest BCUT2D eigenvalue weighted by Gasteiger charge is -2.38. The first kappa shape index (κ1) is 24.3. The highest BCUT2D eigenvalue weighted by Gasteiger charge is 2.28. The van der Waals surface area contributed by atoms with E-state index in [0.717, 1.165) is 91.8 Å². The highest BCUT2D eigenvalue weighted by Crippen LogP contribution is 2.28. The third-order valence-electron chi connectivity index (χ3n) is 7.39. The molecular weight excluding hydrogens is 468 g/mol. The second kappa shape index (κ2) is 9.66. The Morgan fingerprint density at radius 2 is 1.76 bits per heavy atom. The fourth-order valence-electron chi connectivity index (χ4n) is 5.50. The molecule has 10 nitrogen and oxygen atoms in total. The van der Waals surface area contributed by atoms with Gasteiger partial charge in [0.2, 0.25) is 5.95 Å². The Hall–Kier alpha value is -3.08. The van der Waals surface area contributed by atoms with Crippen LogP contribution in [0.4, 0.5) is 5.82 Å². The van der Waals surface area contributed by atoms with Gasteiger partial charge in [-0.2, -0.15) is 9.97 Å². The van der Waals surface area contributed by atoms with E-state index in [2.05, 4.69) is 52.8 Å². The van der Waals surface area contributed by atoms with E-state index in [4.69, 9.17) is 29.4 Å². The zero-order chi connectivity index (χ0) is 25.6. The van der Waals surface area contributed by atoms with E-state index in [1.54, 1.807) is 0 Å². The van der Waals surface area contributed by atoms with Crippen molar-refractivity contribution in [1.29, 1.82) is 0 Å². The normalized spacial score (nSPS) is 18.8. The standard InChI is InChI=1S/C27H36N8O2/c1-5-21-28-19-8-6-7-9-20(19)35(21)26-30-24-23(25(31-26)34-13-15-36-16-14-34)29-22(32(24)4)10-11-33-12-17-37-27(2,3)18-33/h6-9H,5,10-18H2,1-4H3. The molecule has 1 aromatic carbocycles. The van der Waals surface area contributed by atoms with E-state index in [-0.39, 0.29) is 5.60 Å². The highest BCUT2D eigenvalue weighted by atomic mass is 16.5. The second-order valence-electron chi connectivity index (χ2n) is 10.5. The van der Waals surface area contributed by atoms with E-state index in [0.29, 0.717) is 19.2 Å². The van der Waals surface area contributed by atoms with Crippen LogP contribution in [0.5, 0.6) is 0 Å². The molecule has 2 saturated heterocycles. The molecule has 0 bridgehead atoms. The number of aromatic nitrogens is 6. The average molecular weight is 505 g/mol. The fourth-order valence-corrected chi connectivity index (χ4v) is 5.50. The second-order valence-corrected chi connectivity index (χ2v) is 10.5. The number of hydrogen-bond donors (Lipinski definition) is 0. The summed E-state index contributed by atoms with van der Waals surface area (Å²) in [5, 5.41) is 0. The summed E-state index contributed by atoms with van der Waals surface area (Å²) in [7, 11) is 2.07. The topological polar surface area (TPSA) is 86.4 Å². The number of nitrogens with zero attached hydrogens (tertiary/aromatic N) is 8. The summed E-state index contributed by atoms with van der Waals surface area (Å²) < 4.78 is 15.8. The van der Waals surface area contributed by atoms with Crippen molar-refractivity contribution in [2.24, 2.45) is 7.05 Å². The first-order valence-electron chi connectivity index (χ1n) is 13.3. The number of hydrogen-bond acceptors (Lipinski definition) is 8. The van der Waals surface area contributed by atoms with Gasteiger partial charge in [-0.1, -0.05) is 19.1 Å². The van der Waals surface area contributed by atoms with Crippen molar-refractivity contribution in [3.8, 4) is 5.95 Å². The number of aryl methyl sites for hydroxylation is 2. The van der Waals surface area contributed by atoms with Gasteiger partial charge in [0.05, 0.1) is 36.5 Å². The molecule has 0 radical (unpaired) electrons. The molecule has 5 heterocycles. The van der Waals surface area contributed by atoms with Crippen molar-refractivity contribution in [2.75, 3.05) is 57.4 Å². The maximum atomic E-state index is 5.90. The predicted molar refractivity (Wildman–Crippen MR) is 144 cm³/mol. The van der Waals surface area contributed by atoms with Gasteiger partial charge >= 0.3 is 0 Å². The maximum Gasteiger partial charge on any atom is 0.239 e. The molecule has 2 aliphatic rings. The molecule has 2 aliphatic heterocycles. The third kappa shape index (κ3) is 4.58. The number of benzene rings is 1. The molecule has 6 rings (SSSR count). The minimum absolute atomic E-state index is 0.112. The summed E-state index contributed by atoms with van der Waals surface area (Å²) in [5.41, 5.74) is 3.56. The van der Waals surface area contributed by atoms with Crippen molar-refractivity contribution in [3.63, 3.8) is 0 Å². The number of fused-ring (bicyclic) bond motifs is 2. The van der Waals surface area contributed by atoms with Crippen LogP contribution in [0.1, 0.15) is 32.4 Å². The van der Waals surface area contributed by atoms with Crippen molar-refractivity contribution in [2.45, 2.75) is 39.2 Å². The van der Waals surface area contributed by atoms with Crippen LogP contribution in [0, 0.1) is 0 Å². The molecule has 10 heteroatoms. The van der Waals surface area contributed by atoms with Crippen molar-refractivity contribution >= 4 is 28.0 Å². The van der Waals surface area contributed by atoms with Gasteiger partial charge in [-0.25, -0.2) is 9.97 Å². The molecule has 0 aliphatic carbocycles. The molecule has 0 amide bonds. The summed E-state index contributed by atoms with van der Waals surface area (Å²) in [6.45, 7) is 12.9. The first-order valence-corrected chi connectivity index (χ1v) is 13.3. The van der Waals surface area contributed by atoms with Gasteiger partial charge < -0.3 is 18.9 Å². The van der Waals surface area contributed by atoms with Crippen LogP contribution in [-0.2, 0) is 29.4 Å². The van der Waals surface area contributed by atoms with E-state index in [1.807, 2.05) is 18.2 Å². The number of ether oxygens (including phenoxy) is 2. The summed E-state index contributed by atoms with van der Waals surface area (Å²) in [5.74, 6) is 3.48. The van der Waals surface area contributed by atoms with Gasteiger partial charge in [-0.3, -0.25) is 9.47 Å². The van der Waals surface area contributed by atoms with E-state index in [9.17, 15) is 0 Å². The number of imidazole rings is 2. The number of anilines is 1. The lowest BCUT2D eigenvalue weighted by molar-refractivity contribution is -0.0856. The van der Waals surface area contributed by atoms with Crippen molar-refractivity contribution < 1.29 is 9.47 Å². The number of para-hydroxylation sites is 2. The molecule has 0 N–H and O–H groups in total. The van der Waals surface area contributed by atoms with Gasteiger partial charge in [-0.15, -0.1) is 0 Å². The third-order valence-corrected chi connectivity index (χ3v) is 7.39. The maximum absolute atomic E-state index is 5.90. The summed E-state index contributed by atoms with van der Waals surface area (Å²) >= 11 is 0. The molecule has 196 valence electrons. The van der Waals surface area contributed by atoms with Gasteiger partial charge in [0.15, 0.2) is 17.0 Å². The van der Waals surface area contributed by atoms with Gasteiger partial charge in [0, 0.05) is 52.6 Å². The molecule has 0 atom stereocenters. The Labute approximate surface area is 217 Å². The lowest BCUT2D eigenvalue weighted by atomic mass is 10.1. The Morgan fingerprint density at radius 3 is 2.54 bits per heavy atom. The number of morpholine rings is 2.